The van der Waals surface area contributed by atoms with Crippen molar-refractivity contribution in [3.05, 3.63) is 29.4 Å². The van der Waals surface area contributed by atoms with Crippen molar-refractivity contribution in [2.24, 2.45) is 0 Å². The van der Waals surface area contributed by atoms with E-state index < -0.39 is 5.97 Å². The molecule has 0 unspecified atom stereocenters. The van der Waals surface area contributed by atoms with Gasteiger partial charge in [0.05, 0.1) is 6.33 Å². The molecule has 0 aliphatic rings. The topological polar surface area (TPSA) is 95.1 Å². The van der Waals surface area contributed by atoms with E-state index in [0.29, 0.717) is 13.0 Å². The molecule has 0 fully saturated rings. The quantitative estimate of drug-likeness (QED) is 0.649. The van der Waals surface area contributed by atoms with Gasteiger partial charge in [-0.2, -0.15) is 0 Å². The van der Waals surface area contributed by atoms with Crippen LogP contribution < -0.4 is 5.32 Å². The molecular formula is C11H15N3O3. The average molecular weight is 237 g/mol. The average Bonchev–Trinajstić information content (AvgIpc) is 2.79. The number of imidazole rings is 1. The molecule has 1 amide bonds. The summed E-state index contributed by atoms with van der Waals surface area (Å²) < 4.78 is 0. The van der Waals surface area contributed by atoms with Crippen LogP contribution in [-0.2, 0) is 16.0 Å². The Morgan fingerprint density at radius 2 is 2.12 bits per heavy atom. The van der Waals surface area contributed by atoms with Crippen LogP contribution in [0.5, 0.6) is 0 Å². The fourth-order valence-electron chi connectivity index (χ4n) is 1.20. The second-order valence-electron chi connectivity index (χ2n) is 3.64. The third kappa shape index (κ3) is 3.75. The Bertz CT molecular complexity index is 435. The van der Waals surface area contributed by atoms with Crippen LogP contribution in [0.1, 0.15) is 19.5 Å². The number of aliphatic carboxylic acids is 1. The molecule has 0 aliphatic carbocycles. The van der Waals surface area contributed by atoms with Crippen LogP contribution in [0.3, 0.4) is 0 Å². The van der Waals surface area contributed by atoms with E-state index in [1.807, 2.05) is 0 Å². The largest absolute Gasteiger partial charge is 0.478 e. The number of rotatable bonds is 5. The van der Waals surface area contributed by atoms with Gasteiger partial charge in [-0.15, -0.1) is 0 Å². The number of aromatic nitrogens is 2. The van der Waals surface area contributed by atoms with Crippen molar-refractivity contribution in [3.8, 4) is 0 Å². The van der Waals surface area contributed by atoms with E-state index in [1.54, 1.807) is 12.5 Å². The third-order valence-corrected chi connectivity index (χ3v) is 2.46. The molecule has 17 heavy (non-hydrogen) atoms. The van der Waals surface area contributed by atoms with Gasteiger partial charge in [-0.1, -0.05) is 0 Å². The first-order chi connectivity index (χ1) is 8.02. The molecule has 3 N–H and O–H groups in total. The van der Waals surface area contributed by atoms with Gasteiger partial charge in [0.1, 0.15) is 0 Å². The van der Waals surface area contributed by atoms with Crippen molar-refractivity contribution in [1.29, 1.82) is 0 Å². The van der Waals surface area contributed by atoms with Gasteiger partial charge in [-0.3, -0.25) is 4.79 Å². The summed E-state index contributed by atoms with van der Waals surface area (Å²) in [5, 5.41) is 11.4. The molecule has 0 aromatic carbocycles. The highest BCUT2D eigenvalue weighted by atomic mass is 16.4. The van der Waals surface area contributed by atoms with Crippen molar-refractivity contribution in [2.45, 2.75) is 20.3 Å². The lowest BCUT2D eigenvalue weighted by Crippen LogP contribution is -2.27. The summed E-state index contributed by atoms with van der Waals surface area (Å²) in [4.78, 5) is 29.0. The number of hydrogen-bond acceptors (Lipinski definition) is 3. The Balaban J connectivity index is 2.45. The number of hydrogen-bond donors (Lipinski definition) is 3. The van der Waals surface area contributed by atoms with Crippen LogP contribution in [0.2, 0.25) is 0 Å². The summed E-state index contributed by atoms with van der Waals surface area (Å²) in [5.41, 5.74) is 1.20. The summed E-state index contributed by atoms with van der Waals surface area (Å²) in [6.07, 6.45) is 3.87. The fourth-order valence-corrected chi connectivity index (χ4v) is 1.20. The molecule has 0 bridgehead atoms. The third-order valence-electron chi connectivity index (χ3n) is 2.46. The first-order valence-electron chi connectivity index (χ1n) is 5.18. The SMILES string of the molecule is CC(C(=O)O)=C(C)C(=O)NCCc1cnc[nH]1. The minimum absolute atomic E-state index is 0.0593. The van der Waals surface area contributed by atoms with Crippen molar-refractivity contribution in [3.63, 3.8) is 0 Å². The Kier molecular flexibility index (Phi) is 4.45. The van der Waals surface area contributed by atoms with Gasteiger partial charge in [0.2, 0.25) is 5.91 Å². The number of carbonyl (C=O) groups excluding carboxylic acids is 1. The minimum atomic E-state index is -1.08. The highest BCUT2D eigenvalue weighted by molar-refractivity contribution is 6.01. The molecule has 1 heterocycles. The molecule has 0 spiro atoms. The molecule has 0 atom stereocenters. The Hall–Kier alpha value is -2.11. The van der Waals surface area contributed by atoms with Crippen LogP contribution >= 0.6 is 0 Å². The van der Waals surface area contributed by atoms with Crippen LogP contribution in [0.15, 0.2) is 23.7 Å². The standard InChI is InChI=1S/C11H15N3O3/c1-7(8(2)11(16)17)10(15)13-4-3-9-5-12-6-14-9/h5-6H,3-4H2,1-2H3,(H,12,14)(H,13,15)(H,16,17). The van der Waals surface area contributed by atoms with E-state index in [9.17, 15) is 9.59 Å². The van der Waals surface area contributed by atoms with Crippen molar-refractivity contribution < 1.29 is 14.7 Å². The van der Waals surface area contributed by atoms with Gasteiger partial charge in [0.15, 0.2) is 0 Å². The predicted molar refractivity (Wildman–Crippen MR) is 61.3 cm³/mol. The smallest absolute Gasteiger partial charge is 0.331 e. The van der Waals surface area contributed by atoms with Crippen molar-refractivity contribution in [1.82, 2.24) is 15.3 Å². The van der Waals surface area contributed by atoms with Crippen molar-refractivity contribution >= 4 is 11.9 Å². The molecule has 1 rings (SSSR count). The van der Waals surface area contributed by atoms with E-state index in [4.69, 9.17) is 5.11 Å². The van der Waals surface area contributed by atoms with E-state index >= 15 is 0 Å². The summed E-state index contributed by atoms with van der Waals surface area (Å²) >= 11 is 0. The first-order valence-corrected chi connectivity index (χ1v) is 5.18. The number of nitrogens with zero attached hydrogens (tertiary/aromatic N) is 1. The van der Waals surface area contributed by atoms with E-state index in [0.717, 1.165) is 5.69 Å². The van der Waals surface area contributed by atoms with Crippen LogP contribution in [0.25, 0.3) is 0 Å². The number of aromatic amines is 1. The van der Waals surface area contributed by atoms with Crippen LogP contribution in [0, 0.1) is 0 Å². The maximum atomic E-state index is 11.6. The summed E-state index contributed by atoms with van der Waals surface area (Å²) in [6, 6.07) is 0. The Labute approximate surface area is 98.8 Å². The number of carbonyl (C=O) groups is 2. The number of carboxylic acid groups (broad SMARTS) is 1. The zero-order valence-corrected chi connectivity index (χ0v) is 9.78. The maximum absolute atomic E-state index is 11.6. The van der Waals surface area contributed by atoms with Crippen molar-refractivity contribution in [2.75, 3.05) is 6.54 Å². The molecule has 6 nitrogen and oxygen atoms in total. The normalized spacial score (nSPS) is 11.9. The molecule has 0 saturated carbocycles. The summed E-state index contributed by atoms with van der Waals surface area (Å²) in [6.45, 7) is 3.34. The number of amides is 1. The Morgan fingerprint density at radius 3 is 2.65 bits per heavy atom. The molecule has 0 aliphatic heterocycles. The summed E-state index contributed by atoms with van der Waals surface area (Å²) in [7, 11) is 0. The van der Waals surface area contributed by atoms with Gasteiger partial charge >= 0.3 is 5.97 Å². The number of nitrogens with one attached hydrogen (secondary N) is 2. The molecule has 1 aromatic rings. The number of H-pyrrole nitrogens is 1. The summed E-state index contributed by atoms with van der Waals surface area (Å²) in [5.74, 6) is -1.43. The first kappa shape index (κ1) is 13.0. The van der Waals surface area contributed by atoms with E-state index in [1.165, 1.54) is 13.8 Å². The Morgan fingerprint density at radius 1 is 1.41 bits per heavy atom. The zero-order chi connectivity index (χ0) is 12.8. The maximum Gasteiger partial charge on any atom is 0.331 e. The second-order valence-corrected chi connectivity index (χ2v) is 3.64. The van der Waals surface area contributed by atoms with Gasteiger partial charge < -0.3 is 15.4 Å². The van der Waals surface area contributed by atoms with Gasteiger partial charge in [-0.25, -0.2) is 9.78 Å². The van der Waals surface area contributed by atoms with Gasteiger partial charge in [0.25, 0.3) is 0 Å². The fraction of sp³-hybridized carbons (Fsp3) is 0.364. The highest BCUT2D eigenvalue weighted by Crippen LogP contribution is 2.03. The molecule has 6 heteroatoms. The highest BCUT2D eigenvalue weighted by Gasteiger charge is 2.11. The molecular weight excluding hydrogens is 222 g/mol. The van der Waals surface area contributed by atoms with Gasteiger partial charge in [0, 0.05) is 36.0 Å². The molecule has 1 aromatic heterocycles. The zero-order valence-electron chi connectivity index (χ0n) is 9.78. The van der Waals surface area contributed by atoms with Crippen LogP contribution in [0.4, 0.5) is 0 Å². The van der Waals surface area contributed by atoms with Gasteiger partial charge in [-0.05, 0) is 13.8 Å². The molecule has 0 radical (unpaired) electrons. The number of carboxylic acids is 1. The van der Waals surface area contributed by atoms with E-state index in [2.05, 4.69) is 15.3 Å². The second kappa shape index (κ2) is 5.83. The lowest BCUT2D eigenvalue weighted by molar-refractivity contribution is -0.133. The lowest BCUT2D eigenvalue weighted by Gasteiger charge is -2.06. The predicted octanol–water partition coefficient (Wildman–Crippen LogP) is 0.489. The van der Waals surface area contributed by atoms with E-state index in [-0.39, 0.29) is 17.1 Å². The molecule has 0 saturated heterocycles. The minimum Gasteiger partial charge on any atom is -0.478 e. The van der Waals surface area contributed by atoms with Crippen LogP contribution in [-0.4, -0.2) is 33.5 Å². The lowest BCUT2D eigenvalue weighted by atomic mass is 10.1. The molecule has 92 valence electrons. The monoisotopic (exact) mass is 237 g/mol.